The maximum Gasteiger partial charge on any atom is 5.00 e. The van der Waals surface area contributed by atoms with Crippen LogP contribution in [0, 0.1) is 0 Å². The van der Waals surface area contributed by atoms with Crippen LogP contribution in [0.15, 0.2) is 121 Å². The molecule has 4 aromatic rings. The van der Waals surface area contributed by atoms with Crippen molar-refractivity contribution in [3.05, 3.63) is 121 Å². The molecule has 0 amide bonds. The molecule has 0 atom stereocenters. The molecule has 0 aromatic heterocycles. The first kappa shape index (κ1) is 45.6. The van der Waals surface area contributed by atoms with Crippen LogP contribution >= 0.6 is 0 Å². The molecule has 7 heteroatoms. The van der Waals surface area contributed by atoms with Gasteiger partial charge in [0.15, 0.2) is 0 Å². The van der Waals surface area contributed by atoms with Crippen LogP contribution in [-0.2, 0) is 50.2 Å². The minimum Gasteiger partial charge on any atom is -2.00 e. The van der Waals surface area contributed by atoms with E-state index in [2.05, 4.69) is 0 Å². The fourth-order valence-electron chi connectivity index (χ4n) is 1.28. The van der Waals surface area contributed by atoms with Crippen molar-refractivity contribution in [1.29, 1.82) is 0 Å². The summed E-state index contributed by atoms with van der Waals surface area (Å²) in [4.78, 5) is 0. The fraction of sp³-hybridized carbons (Fsp3) is 0. The van der Waals surface area contributed by atoms with Crippen molar-refractivity contribution in [3.8, 4) is 0 Å². The molecule has 1 nitrogen and oxygen atoms in total. The second kappa shape index (κ2) is 40.6. The van der Waals surface area contributed by atoms with Gasteiger partial charge in [0.2, 0.25) is 0 Å². The van der Waals surface area contributed by atoms with Gasteiger partial charge in [-0.05, 0) is 0 Å². The van der Waals surface area contributed by atoms with E-state index in [1.165, 1.54) is 0 Å². The quantitative estimate of drug-likeness (QED) is 0.141. The van der Waals surface area contributed by atoms with Crippen LogP contribution in [0.2, 0.25) is 0 Å². The molecule has 0 saturated carbocycles. The van der Waals surface area contributed by atoms with E-state index in [0.717, 1.165) is 0 Å². The van der Waals surface area contributed by atoms with Gasteiger partial charge in [0.1, 0.15) is 0 Å². The third-order valence-electron chi connectivity index (χ3n) is 2.22. The Morgan fingerprint density at radius 3 is 0.444 bits per heavy atom. The molecular formula is C20H20Cl4Nb2O. The van der Waals surface area contributed by atoms with Crippen molar-refractivity contribution in [1.82, 2.24) is 0 Å². The Morgan fingerprint density at radius 1 is 0.296 bits per heavy atom. The van der Waals surface area contributed by atoms with Crippen molar-refractivity contribution in [3.63, 3.8) is 0 Å². The van der Waals surface area contributed by atoms with Crippen LogP contribution in [0.4, 0.5) is 0 Å². The van der Waals surface area contributed by atoms with Crippen LogP contribution in [0.3, 0.4) is 0 Å². The van der Waals surface area contributed by atoms with Gasteiger partial charge in [0.05, 0.1) is 0 Å². The van der Waals surface area contributed by atoms with Crippen molar-refractivity contribution in [2.75, 3.05) is 0 Å². The molecule has 0 aliphatic rings. The maximum absolute atomic E-state index is 2.00. The van der Waals surface area contributed by atoms with Gasteiger partial charge in [-0.15, -0.1) is 0 Å². The van der Waals surface area contributed by atoms with Gasteiger partial charge in [0, 0.05) is 0 Å². The second-order valence-electron chi connectivity index (χ2n) is 3.85. The Balaban J connectivity index is -0.0000000364. The SMILES string of the molecule is [Cl-].[Cl-].[Cl-].[Cl-].[Nb+5].[Nb+5].[O-2].c1cc[cH-]c1.c1cc[cH-]c1.c1cc[cH-]c1.c1cc[cH-]c1. The third-order valence-corrected chi connectivity index (χ3v) is 2.22. The van der Waals surface area contributed by atoms with E-state index in [-0.39, 0.29) is 99.9 Å². The Morgan fingerprint density at radius 2 is 0.407 bits per heavy atom. The van der Waals surface area contributed by atoms with Crippen LogP contribution < -0.4 is 49.6 Å². The molecule has 0 N–H and O–H groups in total. The van der Waals surface area contributed by atoms with Gasteiger partial charge in [-0.3, -0.25) is 0 Å². The average molecular weight is 604 g/mol. The molecule has 27 heavy (non-hydrogen) atoms. The summed E-state index contributed by atoms with van der Waals surface area (Å²) in [6.45, 7) is 0. The first-order chi connectivity index (χ1) is 10.0. The van der Waals surface area contributed by atoms with E-state index < -0.39 is 0 Å². The standard InChI is InChI=1S/4C5H5.4ClH.2Nb.O/c4*1-2-4-5-3-1;;;;;;;/h4*1-5H;4*1H;;;/q4*-1;;;;;2*+5;-2/p-4. The maximum atomic E-state index is 2.00. The second-order valence-corrected chi connectivity index (χ2v) is 3.85. The van der Waals surface area contributed by atoms with Crippen molar-refractivity contribution in [2.24, 2.45) is 0 Å². The normalized spacial score (nSPS) is 5.93. The van der Waals surface area contributed by atoms with Gasteiger partial charge in [-0.1, -0.05) is 0 Å². The summed E-state index contributed by atoms with van der Waals surface area (Å²) in [5, 5.41) is 0. The summed E-state index contributed by atoms with van der Waals surface area (Å²) in [6.07, 6.45) is 0. The zero-order chi connectivity index (χ0) is 14.1. The Kier molecular flexibility index (Phi) is 68.7. The van der Waals surface area contributed by atoms with Gasteiger partial charge >= 0.3 is 44.8 Å². The zero-order valence-electron chi connectivity index (χ0n) is 14.4. The predicted molar refractivity (Wildman–Crippen MR) is 88.8 cm³/mol. The van der Waals surface area contributed by atoms with E-state index in [9.17, 15) is 0 Å². The molecule has 0 bridgehead atoms. The Bertz CT molecular complexity index is 363. The van der Waals surface area contributed by atoms with E-state index in [4.69, 9.17) is 0 Å². The smallest absolute Gasteiger partial charge is 2.00 e. The van der Waals surface area contributed by atoms with Crippen LogP contribution in [0.25, 0.3) is 0 Å². The van der Waals surface area contributed by atoms with Crippen molar-refractivity contribution >= 4 is 0 Å². The Labute approximate surface area is 219 Å². The molecule has 0 radical (unpaired) electrons. The van der Waals surface area contributed by atoms with Crippen molar-refractivity contribution in [2.45, 2.75) is 0 Å². The number of rotatable bonds is 0. The summed E-state index contributed by atoms with van der Waals surface area (Å²) in [5.41, 5.74) is 0. The van der Waals surface area contributed by atoms with E-state index in [1.54, 1.807) is 0 Å². The molecular weight excluding hydrogens is 584 g/mol. The Hall–Kier alpha value is 0.000519. The zero-order valence-corrected chi connectivity index (χ0v) is 21.8. The van der Waals surface area contributed by atoms with Crippen LogP contribution in [0.1, 0.15) is 0 Å². The summed E-state index contributed by atoms with van der Waals surface area (Å²) in [7, 11) is 0. The third kappa shape index (κ3) is 37.4. The monoisotopic (exact) mass is 602 g/mol. The summed E-state index contributed by atoms with van der Waals surface area (Å²) in [6, 6.07) is 40.0. The first-order valence-electron chi connectivity index (χ1n) is 6.67. The van der Waals surface area contributed by atoms with Crippen molar-refractivity contribution < 1.29 is 99.9 Å². The van der Waals surface area contributed by atoms with Crippen LogP contribution in [-0.4, -0.2) is 0 Å². The molecule has 4 rings (SSSR count). The molecule has 4 aromatic carbocycles. The fourth-order valence-corrected chi connectivity index (χ4v) is 1.28. The van der Waals surface area contributed by atoms with Gasteiger partial charge in [-0.25, -0.2) is 48.5 Å². The molecule has 0 heterocycles. The summed E-state index contributed by atoms with van der Waals surface area (Å²) >= 11 is 0. The van der Waals surface area contributed by atoms with E-state index >= 15 is 0 Å². The first-order valence-corrected chi connectivity index (χ1v) is 6.67. The topological polar surface area (TPSA) is 28.5 Å². The number of hydrogen-bond donors (Lipinski definition) is 0. The molecule has 0 spiro atoms. The minimum absolute atomic E-state index is 0. The number of hydrogen-bond acceptors (Lipinski definition) is 0. The molecule has 0 aliphatic heterocycles. The number of halogens is 4. The summed E-state index contributed by atoms with van der Waals surface area (Å²) < 4.78 is 0. The molecule has 0 aliphatic carbocycles. The van der Waals surface area contributed by atoms with E-state index in [1.807, 2.05) is 121 Å². The van der Waals surface area contributed by atoms with E-state index in [0.29, 0.717) is 0 Å². The molecule has 0 fully saturated rings. The van der Waals surface area contributed by atoms with Gasteiger partial charge < -0.3 is 55.1 Å². The average Bonchev–Trinajstić information content (AvgIpc) is 3.40. The van der Waals surface area contributed by atoms with Crippen LogP contribution in [0.5, 0.6) is 0 Å². The summed E-state index contributed by atoms with van der Waals surface area (Å²) in [5.74, 6) is 0. The largest absolute Gasteiger partial charge is 5.00 e. The molecule has 144 valence electrons. The van der Waals surface area contributed by atoms with Gasteiger partial charge in [-0.2, -0.15) is 72.8 Å². The van der Waals surface area contributed by atoms with Gasteiger partial charge in [0.25, 0.3) is 0 Å². The minimum atomic E-state index is 0. The molecule has 0 saturated heterocycles. The predicted octanol–water partition coefficient (Wildman–Crippen LogP) is -6.49. The molecule has 0 unspecified atom stereocenters.